The van der Waals surface area contributed by atoms with Gasteiger partial charge in [0.15, 0.2) is 0 Å². The predicted molar refractivity (Wildman–Crippen MR) is 62.3 cm³/mol. The molecule has 0 aromatic rings. The van der Waals surface area contributed by atoms with Gasteiger partial charge in [-0.2, -0.15) is 0 Å². The van der Waals surface area contributed by atoms with Crippen LogP contribution in [0.3, 0.4) is 0 Å². The molecule has 0 saturated heterocycles. The van der Waals surface area contributed by atoms with E-state index in [1.54, 1.807) is 0 Å². The molecule has 0 N–H and O–H groups in total. The number of carbonyl (C=O) groups excluding carboxylic acids is 1. The zero-order chi connectivity index (χ0) is 11.0. The first-order valence-corrected chi connectivity index (χ1v) is 5.68. The highest BCUT2D eigenvalue weighted by molar-refractivity contribution is 5.71. The molecule has 0 radical (unpaired) electrons. The van der Waals surface area contributed by atoms with Crippen LogP contribution in [-0.2, 0) is 4.79 Å². The molecule has 0 bridgehead atoms. The monoisotopic (exact) mass is 196 g/mol. The summed E-state index contributed by atoms with van der Waals surface area (Å²) in [5.74, 6) is 1.53. The van der Waals surface area contributed by atoms with Crippen molar-refractivity contribution in [2.24, 2.45) is 11.8 Å². The Balaban J connectivity index is 3.55. The average Bonchev–Trinajstić information content (AvgIpc) is 2.13. The summed E-state index contributed by atoms with van der Waals surface area (Å²) >= 11 is 0. The first kappa shape index (κ1) is 13.4. The molecule has 0 aliphatic heterocycles. The van der Waals surface area contributed by atoms with E-state index in [0.29, 0.717) is 5.92 Å². The molecule has 14 heavy (non-hydrogen) atoms. The van der Waals surface area contributed by atoms with Gasteiger partial charge in [-0.05, 0) is 30.8 Å². The van der Waals surface area contributed by atoms with E-state index in [4.69, 9.17) is 0 Å². The largest absolute Gasteiger partial charge is 0.298 e. The quantitative estimate of drug-likeness (QED) is 0.444. The highest BCUT2D eigenvalue weighted by atomic mass is 16.1. The predicted octanol–water partition coefficient (Wildman–Crippen LogP) is 3.98. The molecular formula is C13H24O. The van der Waals surface area contributed by atoms with E-state index < -0.39 is 0 Å². The van der Waals surface area contributed by atoms with Crippen LogP contribution in [0.1, 0.15) is 53.4 Å². The molecule has 0 saturated carbocycles. The second-order valence-corrected chi connectivity index (χ2v) is 4.73. The Labute approximate surface area is 88.6 Å². The van der Waals surface area contributed by atoms with E-state index in [1.165, 1.54) is 19.3 Å². The maximum atomic E-state index is 10.4. The van der Waals surface area contributed by atoms with Gasteiger partial charge < -0.3 is 0 Å². The Kier molecular flexibility index (Phi) is 7.45. The molecule has 0 heterocycles. The van der Waals surface area contributed by atoms with Crippen LogP contribution in [0.5, 0.6) is 0 Å². The van der Waals surface area contributed by atoms with Crippen LogP contribution in [0, 0.1) is 11.8 Å². The third-order valence-electron chi connectivity index (χ3n) is 2.51. The first-order valence-electron chi connectivity index (χ1n) is 5.68. The van der Waals surface area contributed by atoms with E-state index in [9.17, 15) is 4.79 Å². The van der Waals surface area contributed by atoms with Gasteiger partial charge in [0.25, 0.3) is 0 Å². The van der Waals surface area contributed by atoms with Crippen LogP contribution in [0.25, 0.3) is 0 Å². The van der Waals surface area contributed by atoms with Crippen molar-refractivity contribution in [3.63, 3.8) is 0 Å². The number of carbonyl (C=O) groups is 1. The van der Waals surface area contributed by atoms with Crippen LogP contribution in [0.2, 0.25) is 0 Å². The summed E-state index contributed by atoms with van der Waals surface area (Å²) in [5.41, 5.74) is 0.862. The lowest BCUT2D eigenvalue weighted by molar-refractivity contribution is -0.104. The van der Waals surface area contributed by atoms with Crippen molar-refractivity contribution in [3.8, 4) is 0 Å². The molecule has 1 atom stereocenters. The molecule has 1 heteroatoms. The summed E-state index contributed by atoms with van der Waals surface area (Å²) in [6.07, 6.45) is 7.94. The zero-order valence-electron chi connectivity index (χ0n) is 10.0. The van der Waals surface area contributed by atoms with Crippen LogP contribution < -0.4 is 0 Å². The van der Waals surface area contributed by atoms with Crippen molar-refractivity contribution in [1.29, 1.82) is 0 Å². The fourth-order valence-corrected chi connectivity index (χ4v) is 1.43. The highest BCUT2D eigenvalue weighted by Crippen LogP contribution is 2.15. The van der Waals surface area contributed by atoms with Gasteiger partial charge >= 0.3 is 0 Å². The molecule has 0 aliphatic carbocycles. The first-order chi connectivity index (χ1) is 6.56. The summed E-state index contributed by atoms with van der Waals surface area (Å²) in [6.45, 7) is 8.66. The van der Waals surface area contributed by atoms with Gasteiger partial charge in [-0.15, -0.1) is 0 Å². The van der Waals surface area contributed by atoms with Crippen LogP contribution in [0.15, 0.2) is 11.6 Å². The maximum absolute atomic E-state index is 10.4. The summed E-state index contributed by atoms with van der Waals surface area (Å²) in [7, 11) is 0. The van der Waals surface area contributed by atoms with Gasteiger partial charge in [0.05, 0.1) is 0 Å². The topological polar surface area (TPSA) is 17.1 Å². The molecule has 0 spiro atoms. The summed E-state index contributed by atoms with van der Waals surface area (Å²) in [6, 6.07) is 0. The fraction of sp³-hybridized carbons (Fsp3) is 0.769. The number of allylic oxidation sites excluding steroid dienone is 2. The normalized spacial score (nSPS) is 14.5. The Morgan fingerprint density at radius 2 is 1.86 bits per heavy atom. The van der Waals surface area contributed by atoms with Crippen molar-refractivity contribution in [2.75, 3.05) is 0 Å². The standard InChI is InChI=1S/C13H24O/c1-11(2)6-5-7-12(3)8-9-13(4)10-14/h9-12H,5-8H2,1-4H3/b13-9+. The Morgan fingerprint density at radius 1 is 1.21 bits per heavy atom. The van der Waals surface area contributed by atoms with E-state index in [-0.39, 0.29) is 0 Å². The van der Waals surface area contributed by atoms with Gasteiger partial charge in [-0.25, -0.2) is 0 Å². The maximum Gasteiger partial charge on any atom is 0.145 e. The highest BCUT2D eigenvalue weighted by Gasteiger charge is 2.01. The number of hydrogen-bond donors (Lipinski definition) is 0. The minimum absolute atomic E-state index is 0.712. The Bertz CT molecular complexity index is 180. The van der Waals surface area contributed by atoms with Crippen molar-refractivity contribution >= 4 is 6.29 Å². The van der Waals surface area contributed by atoms with Gasteiger partial charge in [-0.3, -0.25) is 4.79 Å². The summed E-state index contributed by atoms with van der Waals surface area (Å²) in [4.78, 5) is 10.4. The molecule has 1 nitrogen and oxygen atoms in total. The number of hydrogen-bond acceptors (Lipinski definition) is 1. The lowest BCUT2D eigenvalue weighted by Gasteiger charge is -2.09. The van der Waals surface area contributed by atoms with Gasteiger partial charge in [0, 0.05) is 0 Å². The van der Waals surface area contributed by atoms with Crippen molar-refractivity contribution in [2.45, 2.75) is 53.4 Å². The molecule has 0 fully saturated rings. The van der Waals surface area contributed by atoms with Crippen LogP contribution >= 0.6 is 0 Å². The smallest absolute Gasteiger partial charge is 0.145 e. The Hall–Kier alpha value is -0.590. The number of rotatable bonds is 7. The summed E-state index contributed by atoms with van der Waals surface area (Å²) < 4.78 is 0. The van der Waals surface area contributed by atoms with E-state index >= 15 is 0 Å². The fourth-order valence-electron chi connectivity index (χ4n) is 1.43. The molecule has 1 unspecified atom stereocenters. The third kappa shape index (κ3) is 8.03. The van der Waals surface area contributed by atoms with E-state index in [2.05, 4.69) is 20.8 Å². The second kappa shape index (κ2) is 7.78. The van der Waals surface area contributed by atoms with E-state index in [0.717, 1.165) is 24.2 Å². The molecule has 82 valence electrons. The van der Waals surface area contributed by atoms with Crippen LogP contribution in [-0.4, -0.2) is 6.29 Å². The molecule has 0 aliphatic rings. The van der Waals surface area contributed by atoms with Crippen molar-refractivity contribution in [1.82, 2.24) is 0 Å². The van der Waals surface area contributed by atoms with Crippen molar-refractivity contribution in [3.05, 3.63) is 11.6 Å². The van der Waals surface area contributed by atoms with Gasteiger partial charge in [0.1, 0.15) is 6.29 Å². The lowest BCUT2D eigenvalue weighted by Crippen LogP contribution is -1.95. The molecule has 0 aromatic carbocycles. The minimum Gasteiger partial charge on any atom is -0.298 e. The zero-order valence-corrected chi connectivity index (χ0v) is 10.0. The molecule has 0 aromatic heterocycles. The van der Waals surface area contributed by atoms with Crippen LogP contribution in [0.4, 0.5) is 0 Å². The second-order valence-electron chi connectivity index (χ2n) is 4.73. The molecular weight excluding hydrogens is 172 g/mol. The summed E-state index contributed by atoms with van der Waals surface area (Å²) in [5, 5.41) is 0. The lowest BCUT2D eigenvalue weighted by atomic mass is 9.96. The SMILES string of the molecule is C/C(C=O)=C\CC(C)CCCC(C)C. The third-order valence-corrected chi connectivity index (χ3v) is 2.51. The van der Waals surface area contributed by atoms with Gasteiger partial charge in [0.2, 0.25) is 0 Å². The van der Waals surface area contributed by atoms with E-state index in [1.807, 2.05) is 13.0 Å². The van der Waals surface area contributed by atoms with Crippen molar-refractivity contribution < 1.29 is 4.79 Å². The average molecular weight is 196 g/mol. The van der Waals surface area contributed by atoms with Gasteiger partial charge in [-0.1, -0.05) is 46.1 Å². The molecule has 0 rings (SSSR count). The Morgan fingerprint density at radius 3 is 2.36 bits per heavy atom. The number of aldehydes is 1. The minimum atomic E-state index is 0.712. The molecule has 0 amide bonds.